The summed E-state index contributed by atoms with van der Waals surface area (Å²) in [4.78, 5) is 35.1. The summed E-state index contributed by atoms with van der Waals surface area (Å²) in [5.41, 5.74) is 0.848. The number of carbonyl (C=O) groups is 2. The van der Waals surface area contributed by atoms with Crippen molar-refractivity contribution >= 4 is 29.3 Å². The van der Waals surface area contributed by atoms with Gasteiger partial charge in [-0.1, -0.05) is 23.7 Å². The second-order valence-electron chi connectivity index (χ2n) is 5.85. The van der Waals surface area contributed by atoms with Gasteiger partial charge in [0.1, 0.15) is 12.4 Å². The van der Waals surface area contributed by atoms with Gasteiger partial charge in [-0.2, -0.15) is 5.10 Å². The van der Waals surface area contributed by atoms with Gasteiger partial charge in [-0.05, 0) is 24.6 Å². The number of nitrogens with one attached hydrogen (secondary N) is 2. The van der Waals surface area contributed by atoms with Gasteiger partial charge in [0.25, 0.3) is 0 Å². The molecule has 0 bridgehead atoms. The molecule has 11 heteroatoms. The van der Waals surface area contributed by atoms with Crippen LogP contribution in [0.15, 0.2) is 47.9 Å². The predicted molar refractivity (Wildman–Crippen MR) is 98.4 cm³/mol. The van der Waals surface area contributed by atoms with E-state index in [1.54, 1.807) is 31.2 Å². The number of rotatable bonds is 6. The number of carbonyl (C=O) groups excluding carboxylic acids is 2. The molecule has 1 aliphatic rings. The third-order valence-corrected chi connectivity index (χ3v) is 4.25. The third kappa shape index (κ3) is 4.12. The highest BCUT2D eigenvalue weighted by molar-refractivity contribution is 6.30. The number of allylic oxidation sites excluding steroid dienone is 1. The molecule has 0 saturated heterocycles. The molecule has 1 atom stereocenters. The van der Waals surface area contributed by atoms with E-state index < -0.39 is 23.0 Å². The average Bonchev–Trinajstić information content (AvgIpc) is 3.11. The molecule has 10 nitrogen and oxygen atoms in total. The van der Waals surface area contributed by atoms with E-state index >= 15 is 0 Å². The van der Waals surface area contributed by atoms with Gasteiger partial charge in [-0.3, -0.25) is 14.8 Å². The number of amides is 2. The Morgan fingerprint density at radius 2 is 2.11 bits per heavy atom. The number of nitrogens with zero attached hydrogens (tertiary/aromatic N) is 3. The van der Waals surface area contributed by atoms with E-state index in [2.05, 4.69) is 15.7 Å². The number of ether oxygens (including phenoxy) is 1. The maximum Gasteiger partial charge on any atom is 0.338 e. The van der Waals surface area contributed by atoms with Gasteiger partial charge in [0.15, 0.2) is 0 Å². The van der Waals surface area contributed by atoms with E-state index in [-0.39, 0.29) is 30.1 Å². The van der Waals surface area contributed by atoms with Crippen LogP contribution in [0.4, 0.5) is 10.5 Å². The van der Waals surface area contributed by atoms with E-state index in [4.69, 9.17) is 16.3 Å². The van der Waals surface area contributed by atoms with E-state index in [1.807, 2.05) is 0 Å². The summed E-state index contributed by atoms with van der Waals surface area (Å²) in [6.07, 6.45) is 2.30. The molecule has 0 radical (unpaired) electrons. The number of halogens is 1. The highest BCUT2D eigenvalue weighted by Crippen LogP contribution is 2.29. The van der Waals surface area contributed by atoms with E-state index in [0.29, 0.717) is 10.6 Å². The van der Waals surface area contributed by atoms with Gasteiger partial charge in [-0.15, -0.1) is 0 Å². The summed E-state index contributed by atoms with van der Waals surface area (Å²) in [6, 6.07) is 5.37. The number of hydrogen-bond donors (Lipinski definition) is 2. The van der Waals surface area contributed by atoms with Crippen LogP contribution in [0.1, 0.15) is 18.5 Å². The van der Waals surface area contributed by atoms with Crippen LogP contribution in [-0.4, -0.2) is 33.3 Å². The lowest BCUT2D eigenvalue weighted by Gasteiger charge is -2.29. The molecule has 146 valence electrons. The number of nitro groups is 1. The van der Waals surface area contributed by atoms with E-state index in [1.165, 1.54) is 10.9 Å². The predicted octanol–water partition coefficient (Wildman–Crippen LogP) is 2.32. The molecule has 1 aliphatic heterocycles. The molecular formula is C17H16ClN5O5. The lowest BCUT2D eigenvalue weighted by atomic mass is 9.95. The number of hydrogen-bond acceptors (Lipinski definition) is 6. The molecule has 2 heterocycles. The monoisotopic (exact) mass is 405 g/mol. The molecular weight excluding hydrogens is 390 g/mol. The van der Waals surface area contributed by atoms with Crippen molar-refractivity contribution in [3.63, 3.8) is 0 Å². The first-order chi connectivity index (χ1) is 13.4. The first-order valence-electron chi connectivity index (χ1n) is 8.29. The van der Waals surface area contributed by atoms with Crippen molar-refractivity contribution < 1.29 is 19.2 Å². The van der Waals surface area contributed by atoms with Crippen molar-refractivity contribution in [3.8, 4) is 0 Å². The lowest BCUT2D eigenvalue weighted by Crippen LogP contribution is -2.46. The number of benzene rings is 1. The van der Waals surface area contributed by atoms with Crippen LogP contribution >= 0.6 is 11.6 Å². The van der Waals surface area contributed by atoms with Gasteiger partial charge in [0.05, 0.1) is 35.4 Å². The Hall–Kier alpha value is -3.40. The van der Waals surface area contributed by atoms with Crippen molar-refractivity contribution in [2.24, 2.45) is 0 Å². The second-order valence-corrected chi connectivity index (χ2v) is 6.29. The van der Waals surface area contributed by atoms with Crippen molar-refractivity contribution in [1.82, 2.24) is 20.4 Å². The Bertz CT molecular complexity index is 953. The highest BCUT2D eigenvalue weighted by atomic mass is 35.5. The van der Waals surface area contributed by atoms with Gasteiger partial charge in [0, 0.05) is 5.02 Å². The van der Waals surface area contributed by atoms with Gasteiger partial charge in [0.2, 0.25) is 0 Å². The van der Waals surface area contributed by atoms with Crippen LogP contribution in [0, 0.1) is 10.1 Å². The van der Waals surface area contributed by atoms with Gasteiger partial charge >= 0.3 is 17.7 Å². The maximum absolute atomic E-state index is 12.6. The molecule has 0 fully saturated rings. The van der Waals surface area contributed by atoms with Crippen molar-refractivity contribution in [2.45, 2.75) is 19.5 Å². The van der Waals surface area contributed by atoms with Crippen LogP contribution in [0.3, 0.4) is 0 Å². The zero-order valence-corrected chi connectivity index (χ0v) is 15.5. The van der Waals surface area contributed by atoms with Gasteiger partial charge in [-0.25, -0.2) is 9.59 Å². The zero-order chi connectivity index (χ0) is 20.3. The quantitative estimate of drug-likeness (QED) is 0.431. The first-order valence-corrected chi connectivity index (χ1v) is 8.66. The molecule has 0 saturated carbocycles. The fraction of sp³-hybridized carbons (Fsp3) is 0.235. The molecule has 1 aromatic carbocycles. The number of aromatic nitrogens is 2. The summed E-state index contributed by atoms with van der Waals surface area (Å²) in [6.45, 7) is 1.75. The molecule has 3 rings (SSSR count). The largest absolute Gasteiger partial charge is 0.463 e. The van der Waals surface area contributed by atoms with Crippen molar-refractivity contribution in [2.75, 3.05) is 6.61 Å². The second kappa shape index (κ2) is 8.09. The Balaban J connectivity index is 2.04. The summed E-state index contributed by atoms with van der Waals surface area (Å²) >= 11 is 5.92. The van der Waals surface area contributed by atoms with Gasteiger partial charge < -0.3 is 15.4 Å². The molecule has 0 aliphatic carbocycles. The van der Waals surface area contributed by atoms with Crippen LogP contribution in [0.2, 0.25) is 5.02 Å². The molecule has 0 spiro atoms. The maximum atomic E-state index is 12.6. The minimum absolute atomic E-state index is 0.0561. The van der Waals surface area contributed by atoms with E-state index in [9.17, 15) is 19.7 Å². The smallest absolute Gasteiger partial charge is 0.338 e. The molecule has 1 aromatic heterocycles. The standard InChI is InChI=1S/C17H16ClN5O5/c1-2-28-16(24)14-13(9-22-8-12(7-19-22)23(26)27)20-17(25)21-15(14)10-3-5-11(18)6-4-10/h3-8,15H,2,9H2,1H3,(H2,20,21,25). The zero-order valence-electron chi connectivity index (χ0n) is 14.7. The topological polar surface area (TPSA) is 128 Å². The number of urea groups is 1. The van der Waals surface area contributed by atoms with Crippen LogP contribution in [0.5, 0.6) is 0 Å². The highest BCUT2D eigenvalue weighted by Gasteiger charge is 2.34. The lowest BCUT2D eigenvalue weighted by molar-refractivity contribution is -0.385. The Morgan fingerprint density at radius 1 is 1.39 bits per heavy atom. The van der Waals surface area contributed by atoms with Crippen LogP contribution in [-0.2, 0) is 16.1 Å². The minimum atomic E-state index is -0.773. The molecule has 2 aromatic rings. The van der Waals surface area contributed by atoms with Crippen LogP contribution < -0.4 is 10.6 Å². The molecule has 1 unspecified atom stereocenters. The summed E-state index contributed by atoms with van der Waals surface area (Å²) in [5.74, 6) is -0.619. The summed E-state index contributed by atoms with van der Waals surface area (Å²) in [7, 11) is 0. The Labute approximate surface area is 164 Å². The van der Waals surface area contributed by atoms with Crippen LogP contribution in [0.25, 0.3) is 0 Å². The normalized spacial score (nSPS) is 16.4. The third-order valence-electron chi connectivity index (χ3n) is 4.00. The fourth-order valence-electron chi connectivity index (χ4n) is 2.79. The SMILES string of the molecule is CCOC(=O)C1=C(Cn2cc([N+](=O)[O-])cn2)NC(=O)NC1c1ccc(Cl)cc1. The fourth-order valence-corrected chi connectivity index (χ4v) is 2.92. The minimum Gasteiger partial charge on any atom is -0.463 e. The Kier molecular flexibility index (Phi) is 5.59. The first kappa shape index (κ1) is 19.4. The van der Waals surface area contributed by atoms with Crippen molar-refractivity contribution in [1.29, 1.82) is 0 Å². The number of esters is 1. The molecule has 2 amide bonds. The molecule has 28 heavy (non-hydrogen) atoms. The Morgan fingerprint density at radius 3 is 2.71 bits per heavy atom. The van der Waals surface area contributed by atoms with E-state index in [0.717, 1.165) is 6.20 Å². The summed E-state index contributed by atoms with van der Waals surface area (Å²) < 4.78 is 6.41. The molecule has 2 N–H and O–H groups in total. The van der Waals surface area contributed by atoms with Crippen molar-refractivity contribution in [3.05, 3.63) is 68.6 Å². The summed E-state index contributed by atoms with van der Waals surface area (Å²) in [5, 5.41) is 20.5. The average molecular weight is 406 g/mol.